The fourth-order valence-electron chi connectivity index (χ4n) is 1.30. The maximum atomic E-state index is 11.2. The number of rotatable bonds is 2. The number of aryl methyl sites for hydroxylation is 1. The lowest BCUT2D eigenvalue weighted by molar-refractivity contribution is 0.804. The summed E-state index contributed by atoms with van der Waals surface area (Å²) in [7, 11) is 0. The molecule has 1 heterocycles. The Morgan fingerprint density at radius 2 is 2.08 bits per heavy atom. The third kappa shape index (κ3) is 1.83. The van der Waals surface area contributed by atoms with E-state index in [1.165, 1.54) is 6.07 Å². The van der Waals surface area contributed by atoms with E-state index in [1.807, 2.05) is 20.8 Å². The van der Waals surface area contributed by atoms with E-state index in [9.17, 15) is 9.70 Å². The first-order valence-corrected chi connectivity index (χ1v) is 4.13. The Balaban J connectivity index is 3.37. The molecule has 0 fully saturated rings. The summed E-state index contributed by atoms with van der Waals surface area (Å²) < 4.78 is 0. The van der Waals surface area contributed by atoms with Crippen molar-refractivity contribution in [1.29, 1.82) is 0 Å². The Kier molecular flexibility index (Phi) is 2.60. The highest BCUT2D eigenvalue weighted by Crippen LogP contribution is 2.17. The number of aromatic amines is 1. The van der Waals surface area contributed by atoms with Crippen LogP contribution in [0.5, 0.6) is 0 Å². The van der Waals surface area contributed by atoms with E-state index in [0.717, 1.165) is 11.3 Å². The van der Waals surface area contributed by atoms with Gasteiger partial charge in [-0.05, 0) is 29.6 Å². The SMILES string of the molecule is Cc1cc(N=O)c(=O)[nH]c1C(C)C. The second kappa shape index (κ2) is 3.51. The van der Waals surface area contributed by atoms with Gasteiger partial charge in [-0.3, -0.25) is 4.79 Å². The molecule has 1 aromatic rings. The van der Waals surface area contributed by atoms with Crippen molar-refractivity contribution >= 4 is 5.69 Å². The van der Waals surface area contributed by atoms with Gasteiger partial charge in [-0.1, -0.05) is 13.8 Å². The molecule has 70 valence electrons. The van der Waals surface area contributed by atoms with Crippen LogP contribution in [0.25, 0.3) is 0 Å². The summed E-state index contributed by atoms with van der Waals surface area (Å²) in [6.07, 6.45) is 0. The standard InChI is InChI=1S/C9H12N2O2/c1-5(2)8-6(3)4-7(11-13)9(12)10-8/h4-5H,1-3H3,(H,10,12). The predicted molar refractivity (Wildman–Crippen MR) is 51.3 cm³/mol. The molecular weight excluding hydrogens is 168 g/mol. The van der Waals surface area contributed by atoms with Crippen molar-refractivity contribution in [1.82, 2.24) is 4.98 Å². The van der Waals surface area contributed by atoms with Crippen molar-refractivity contribution in [3.05, 3.63) is 32.6 Å². The zero-order chi connectivity index (χ0) is 10.0. The van der Waals surface area contributed by atoms with Crippen molar-refractivity contribution in [3.8, 4) is 0 Å². The van der Waals surface area contributed by atoms with Crippen LogP contribution in [0.3, 0.4) is 0 Å². The molecule has 1 rings (SSSR count). The molecular formula is C9H12N2O2. The van der Waals surface area contributed by atoms with E-state index < -0.39 is 5.56 Å². The Morgan fingerprint density at radius 1 is 1.46 bits per heavy atom. The highest BCUT2D eigenvalue weighted by molar-refractivity contribution is 5.39. The molecule has 13 heavy (non-hydrogen) atoms. The van der Waals surface area contributed by atoms with E-state index in [4.69, 9.17) is 0 Å². The van der Waals surface area contributed by atoms with Crippen LogP contribution >= 0.6 is 0 Å². The molecule has 0 saturated heterocycles. The van der Waals surface area contributed by atoms with E-state index in [2.05, 4.69) is 10.2 Å². The molecule has 0 aliphatic rings. The number of H-pyrrole nitrogens is 1. The maximum Gasteiger partial charge on any atom is 0.277 e. The van der Waals surface area contributed by atoms with Crippen LogP contribution in [-0.2, 0) is 0 Å². The van der Waals surface area contributed by atoms with E-state index in [0.29, 0.717) is 0 Å². The molecule has 0 aromatic carbocycles. The van der Waals surface area contributed by atoms with Crippen LogP contribution in [0, 0.1) is 11.8 Å². The predicted octanol–water partition coefficient (Wildman–Crippen LogP) is 2.20. The van der Waals surface area contributed by atoms with Crippen molar-refractivity contribution in [3.63, 3.8) is 0 Å². The Bertz CT molecular complexity index is 380. The number of nitroso groups, excluding NO2 is 1. The molecule has 0 radical (unpaired) electrons. The fraction of sp³-hybridized carbons (Fsp3) is 0.444. The molecule has 1 N–H and O–H groups in total. The van der Waals surface area contributed by atoms with Gasteiger partial charge in [0.1, 0.15) is 0 Å². The number of hydrogen-bond donors (Lipinski definition) is 1. The number of aromatic nitrogens is 1. The number of nitrogens with one attached hydrogen (secondary N) is 1. The molecule has 4 nitrogen and oxygen atoms in total. The van der Waals surface area contributed by atoms with Gasteiger partial charge in [-0.15, -0.1) is 4.91 Å². The minimum Gasteiger partial charge on any atom is -0.324 e. The van der Waals surface area contributed by atoms with Crippen molar-refractivity contribution in [2.24, 2.45) is 5.18 Å². The lowest BCUT2D eigenvalue weighted by atomic mass is 10.0. The van der Waals surface area contributed by atoms with Crippen LogP contribution in [0.15, 0.2) is 16.0 Å². The van der Waals surface area contributed by atoms with Crippen LogP contribution in [0.1, 0.15) is 31.0 Å². The Labute approximate surface area is 76.0 Å². The van der Waals surface area contributed by atoms with Gasteiger partial charge in [0, 0.05) is 5.69 Å². The first-order chi connectivity index (χ1) is 6.06. The summed E-state index contributed by atoms with van der Waals surface area (Å²) in [5.41, 5.74) is 1.29. The smallest absolute Gasteiger partial charge is 0.277 e. The van der Waals surface area contributed by atoms with Crippen LogP contribution in [0.2, 0.25) is 0 Å². The monoisotopic (exact) mass is 180 g/mol. The van der Waals surface area contributed by atoms with Gasteiger partial charge in [-0.25, -0.2) is 0 Å². The second-order valence-electron chi connectivity index (χ2n) is 3.33. The maximum absolute atomic E-state index is 11.2. The zero-order valence-electron chi connectivity index (χ0n) is 7.92. The summed E-state index contributed by atoms with van der Waals surface area (Å²) in [5, 5.41) is 2.64. The quantitative estimate of drug-likeness (QED) is 0.709. The normalized spacial score (nSPS) is 10.5. The molecule has 0 spiro atoms. The summed E-state index contributed by atoms with van der Waals surface area (Å²) in [6, 6.07) is 1.52. The highest BCUT2D eigenvalue weighted by Gasteiger charge is 2.08. The Morgan fingerprint density at radius 3 is 2.54 bits per heavy atom. The lowest BCUT2D eigenvalue weighted by Gasteiger charge is -2.08. The molecule has 0 atom stereocenters. The van der Waals surface area contributed by atoms with E-state index >= 15 is 0 Å². The molecule has 0 amide bonds. The van der Waals surface area contributed by atoms with Crippen molar-refractivity contribution in [2.75, 3.05) is 0 Å². The van der Waals surface area contributed by atoms with Gasteiger partial charge in [0.15, 0.2) is 5.69 Å². The summed E-state index contributed by atoms with van der Waals surface area (Å²) in [5.74, 6) is 0.244. The van der Waals surface area contributed by atoms with E-state index in [-0.39, 0.29) is 11.6 Å². The molecule has 0 bridgehead atoms. The third-order valence-corrected chi connectivity index (χ3v) is 1.93. The van der Waals surface area contributed by atoms with Gasteiger partial charge in [-0.2, -0.15) is 0 Å². The van der Waals surface area contributed by atoms with Gasteiger partial charge in [0.05, 0.1) is 0 Å². The fourth-order valence-corrected chi connectivity index (χ4v) is 1.30. The number of nitrogens with zero attached hydrogens (tertiary/aromatic N) is 1. The van der Waals surface area contributed by atoms with Gasteiger partial charge < -0.3 is 4.98 Å². The third-order valence-electron chi connectivity index (χ3n) is 1.93. The Hall–Kier alpha value is -1.45. The number of pyridine rings is 1. The van der Waals surface area contributed by atoms with Crippen LogP contribution < -0.4 is 5.56 Å². The van der Waals surface area contributed by atoms with Gasteiger partial charge in [0.25, 0.3) is 5.56 Å². The van der Waals surface area contributed by atoms with Gasteiger partial charge in [0.2, 0.25) is 0 Å². The van der Waals surface area contributed by atoms with Crippen molar-refractivity contribution in [2.45, 2.75) is 26.7 Å². The number of hydrogen-bond acceptors (Lipinski definition) is 3. The molecule has 0 aliphatic heterocycles. The molecule has 1 aromatic heterocycles. The largest absolute Gasteiger partial charge is 0.324 e. The molecule has 0 aliphatic carbocycles. The first kappa shape index (κ1) is 9.64. The molecule has 0 saturated carbocycles. The van der Waals surface area contributed by atoms with Gasteiger partial charge >= 0.3 is 0 Å². The lowest BCUT2D eigenvalue weighted by Crippen LogP contribution is -2.10. The zero-order valence-corrected chi connectivity index (χ0v) is 7.92. The summed E-state index contributed by atoms with van der Waals surface area (Å²) in [6.45, 7) is 5.80. The van der Waals surface area contributed by atoms with Crippen LogP contribution in [0.4, 0.5) is 5.69 Å². The van der Waals surface area contributed by atoms with E-state index in [1.54, 1.807) is 0 Å². The average Bonchev–Trinajstić information content (AvgIpc) is 2.07. The first-order valence-electron chi connectivity index (χ1n) is 4.13. The minimum absolute atomic E-state index is 0.0538. The molecule has 4 heteroatoms. The topological polar surface area (TPSA) is 62.3 Å². The second-order valence-corrected chi connectivity index (χ2v) is 3.33. The summed E-state index contributed by atoms with van der Waals surface area (Å²) in [4.78, 5) is 24.0. The highest BCUT2D eigenvalue weighted by atomic mass is 16.3. The minimum atomic E-state index is -0.413. The van der Waals surface area contributed by atoms with Crippen molar-refractivity contribution < 1.29 is 0 Å². The summed E-state index contributed by atoms with van der Waals surface area (Å²) >= 11 is 0. The average molecular weight is 180 g/mol. The molecule has 0 unspecified atom stereocenters. The van der Waals surface area contributed by atoms with Crippen LogP contribution in [-0.4, -0.2) is 4.98 Å².